The Morgan fingerprint density at radius 3 is 2.52 bits per heavy atom. The van der Waals surface area contributed by atoms with Crippen molar-refractivity contribution < 1.29 is 9.18 Å². The molecule has 2 rings (SSSR count). The second kappa shape index (κ2) is 7.58. The van der Waals surface area contributed by atoms with Crippen molar-refractivity contribution in [1.82, 2.24) is 0 Å². The number of para-hydroxylation sites is 1. The molecule has 0 fully saturated rings. The third-order valence-electron chi connectivity index (χ3n) is 3.35. The lowest BCUT2D eigenvalue weighted by Gasteiger charge is -2.23. The SMILES string of the molecule is CCCCN(C(=O)Cc1cccc(F)c1)c1ccccc1. The Morgan fingerprint density at radius 2 is 1.86 bits per heavy atom. The number of unbranched alkanes of at least 4 members (excludes halogenated alkanes) is 1. The van der Waals surface area contributed by atoms with E-state index in [1.807, 2.05) is 30.3 Å². The van der Waals surface area contributed by atoms with Crippen LogP contribution in [0, 0.1) is 5.82 Å². The van der Waals surface area contributed by atoms with E-state index >= 15 is 0 Å². The summed E-state index contributed by atoms with van der Waals surface area (Å²) >= 11 is 0. The summed E-state index contributed by atoms with van der Waals surface area (Å²) in [5.74, 6) is -0.305. The normalized spacial score (nSPS) is 10.4. The van der Waals surface area contributed by atoms with Gasteiger partial charge in [0.1, 0.15) is 5.82 Å². The summed E-state index contributed by atoms with van der Waals surface area (Å²) in [5, 5.41) is 0. The van der Waals surface area contributed by atoms with Crippen LogP contribution < -0.4 is 4.90 Å². The second-order valence-electron chi connectivity index (χ2n) is 5.04. The van der Waals surface area contributed by atoms with E-state index in [0.717, 1.165) is 18.5 Å². The molecule has 110 valence electrons. The number of amides is 1. The van der Waals surface area contributed by atoms with Gasteiger partial charge < -0.3 is 4.90 Å². The molecule has 1 amide bonds. The third-order valence-corrected chi connectivity index (χ3v) is 3.35. The zero-order chi connectivity index (χ0) is 15.1. The van der Waals surface area contributed by atoms with Crippen molar-refractivity contribution in [3.05, 3.63) is 66.0 Å². The number of hydrogen-bond donors (Lipinski definition) is 0. The molecular weight excluding hydrogens is 265 g/mol. The smallest absolute Gasteiger partial charge is 0.231 e. The summed E-state index contributed by atoms with van der Waals surface area (Å²) in [6.07, 6.45) is 2.19. The zero-order valence-corrected chi connectivity index (χ0v) is 12.3. The molecule has 0 aliphatic rings. The average Bonchev–Trinajstić information content (AvgIpc) is 2.49. The first-order valence-corrected chi connectivity index (χ1v) is 7.30. The molecule has 2 nitrogen and oxygen atoms in total. The lowest BCUT2D eigenvalue weighted by Crippen LogP contribution is -2.33. The highest BCUT2D eigenvalue weighted by atomic mass is 19.1. The van der Waals surface area contributed by atoms with E-state index in [-0.39, 0.29) is 18.1 Å². The summed E-state index contributed by atoms with van der Waals surface area (Å²) in [7, 11) is 0. The van der Waals surface area contributed by atoms with Crippen LogP contribution in [-0.2, 0) is 11.2 Å². The quantitative estimate of drug-likeness (QED) is 0.779. The fourth-order valence-corrected chi connectivity index (χ4v) is 2.24. The maximum absolute atomic E-state index is 13.2. The molecule has 21 heavy (non-hydrogen) atoms. The van der Waals surface area contributed by atoms with Gasteiger partial charge in [-0.05, 0) is 36.2 Å². The van der Waals surface area contributed by atoms with Gasteiger partial charge >= 0.3 is 0 Å². The van der Waals surface area contributed by atoms with Crippen molar-refractivity contribution in [1.29, 1.82) is 0 Å². The highest BCUT2D eigenvalue weighted by Crippen LogP contribution is 2.16. The lowest BCUT2D eigenvalue weighted by molar-refractivity contribution is -0.118. The third kappa shape index (κ3) is 4.42. The van der Waals surface area contributed by atoms with Gasteiger partial charge in [0.15, 0.2) is 0 Å². The molecule has 2 aromatic rings. The molecule has 0 spiro atoms. The maximum atomic E-state index is 13.2. The van der Waals surface area contributed by atoms with E-state index in [2.05, 4.69) is 6.92 Å². The Balaban J connectivity index is 2.14. The Labute approximate surface area is 125 Å². The number of carbonyl (C=O) groups is 1. The highest BCUT2D eigenvalue weighted by Gasteiger charge is 2.15. The average molecular weight is 285 g/mol. The molecule has 2 aromatic carbocycles. The Bertz CT molecular complexity index is 583. The molecular formula is C18H20FNO. The van der Waals surface area contributed by atoms with Crippen LogP contribution >= 0.6 is 0 Å². The standard InChI is InChI=1S/C18H20FNO/c1-2-3-12-20(17-10-5-4-6-11-17)18(21)14-15-8-7-9-16(19)13-15/h4-11,13H,2-3,12,14H2,1H3. The number of benzene rings is 2. The molecule has 0 unspecified atom stereocenters. The van der Waals surface area contributed by atoms with Crippen molar-refractivity contribution in [2.75, 3.05) is 11.4 Å². The summed E-state index contributed by atoms with van der Waals surface area (Å²) in [6.45, 7) is 2.79. The molecule has 0 heterocycles. The van der Waals surface area contributed by atoms with Crippen LogP contribution in [-0.4, -0.2) is 12.5 Å². The molecule has 0 saturated heterocycles. The first-order valence-electron chi connectivity index (χ1n) is 7.30. The van der Waals surface area contributed by atoms with E-state index in [0.29, 0.717) is 12.1 Å². The predicted molar refractivity (Wildman–Crippen MR) is 83.8 cm³/mol. The maximum Gasteiger partial charge on any atom is 0.231 e. The Hall–Kier alpha value is -2.16. The van der Waals surface area contributed by atoms with Gasteiger partial charge in [-0.25, -0.2) is 4.39 Å². The van der Waals surface area contributed by atoms with Crippen molar-refractivity contribution in [2.24, 2.45) is 0 Å². The first kappa shape index (κ1) is 15.2. The van der Waals surface area contributed by atoms with Crippen LogP contribution in [0.3, 0.4) is 0 Å². The number of carbonyl (C=O) groups excluding carboxylic acids is 1. The van der Waals surface area contributed by atoms with Gasteiger partial charge in [0.25, 0.3) is 0 Å². The van der Waals surface area contributed by atoms with Crippen LogP contribution in [0.5, 0.6) is 0 Å². The minimum atomic E-state index is -0.305. The number of rotatable bonds is 6. The molecule has 0 N–H and O–H groups in total. The number of hydrogen-bond acceptors (Lipinski definition) is 1. The topological polar surface area (TPSA) is 20.3 Å². The number of anilines is 1. The molecule has 3 heteroatoms. The molecule has 0 aliphatic heterocycles. The molecule has 0 bridgehead atoms. The van der Waals surface area contributed by atoms with E-state index in [1.165, 1.54) is 12.1 Å². The van der Waals surface area contributed by atoms with Crippen molar-refractivity contribution >= 4 is 11.6 Å². The molecule has 0 aliphatic carbocycles. The molecule has 0 atom stereocenters. The van der Waals surface area contributed by atoms with E-state index in [1.54, 1.807) is 17.0 Å². The van der Waals surface area contributed by atoms with E-state index in [4.69, 9.17) is 0 Å². The molecule has 0 radical (unpaired) electrons. The predicted octanol–water partition coefficient (Wildman–Crippen LogP) is 4.20. The first-order chi connectivity index (χ1) is 10.2. The van der Waals surface area contributed by atoms with Crippen molar-refractivity contribution in [2.45, 2.75) is 26.2 Å². The van der Waals surface area contributed by atoms with Gasteiger partial charge in [-0.2, -0.15) is 0 Å². The van der Waals surface area contributed by atoms with Crippen LogP contribution in [0.4, 0.5) is 10.1 Å². The molecule has 0 aromatic heterocycles. The van der Waals surface area contributed by atoms with Crippen LogP contribution in [0.1, 0.15) is 25.3 Å². The summed E-state index contributed by atoms with van der Waals surface area (Å²) in [5.41, 5.74) is 1.60. The summed E-state index contributed by atoms with van der Waals surface area (Å²) < 4.78 is 13.2. The zero-order valence-electron chi connectivity index (χ0n) is 12.3. The number of nitrogens with zero attached hydrogens (tertiary/aromatic N) is 1. The monoisotopic (exact) mass is 285 g/mol. The van der Waals surface area contributed by atoms with Crippen LogP contribution in [0.15, 0.2) is 54.6 Å². The van der Waals surface area contributed by atoms with Crippen LogP contribution in [0.25, 0.3) is 0 Å². The van der Waals surface area contributed by atoms with E-state index in [9.17, 15) is 9.18 Å². The van der Waals surface area contributed by atoms with Gasteiger partial charge in [-0.1, -0.05) is 43.7 Å². The van der Waals surface area contributed by atoms with Crippen LogP contribution in [0.2, 0.25) is 0 Å². The van der Waals surface area contributed by atoms with Gasteiger partial charge in [0.05, 0.1) is 6.42 Å². The minimum absolute atomic E-state index is 0.000231. The van der Waals surface area contributed by atoms with Gasteiger partial charge in [0.2, 0.25) is 5.91 Å². The van der Waals surface area contributed by atoms with E-state index < -0.39 is 0 Å². The van der Waals surface area contributed by atoms with Gasteiger partial charge in [-0.15, -0.1) is 0 Å². The van der Waals surface area contributed by atoms with Crippen molar-refractivity contribution in [3.63, 3.8) is 0 Å². The largest absolute Gasteiger partial charge is 0.312 e. The van der Waals surface area contributed by atoms with Gasteiger partial charge in [-0.3, -0.25) is 4.79 Å². The fourth-order valence-electron chi connectivity index (χ4n) is 2.24. The van der Waals surface area contributed by atoms with Gasteiger partial charge in [0, 0.05) is 12.2 Å². The minimum Gasteiger partial charge on any atom is -0.312 e. The fraction of sp³-hybridized carbons (Fsp3) is 0.278. The summed E-state index contributed by atoms with van der Waals surface area (Å²) in [4.78, 5) is 14.3. The van der Waals surface area contributed by atoms with Crippen molar-refractivity contribution in [3.8, 4) is 0 Å². The second-order valence-corrected chi connectivity index (χ2v) is 5.04. The Morgan fingerprint density at radius 1 is 1.10 bits per heavy atom. The lowest BCUT2D eigenvalue weighted by atomic mass is 10.1. The number of halogens is 1. The highest BCUT2D eigenvalue weighted by molar-refractivity contribution is 5.94. The Kier molecular flexibility index (Phi) is 5.50. The molecule has 0 saturated carbocycles. The summed E-state index contributed by atoms with van der Waals surface area (Å²) in [6, 6.07) is 15.9.